The highest BCUT2D eigenvalue weighted by Gasteiger charge is 2.14. The number of aromatic hydroxyl groups is 1. The molecule has 0 aromatic heterocycles. The Bertz CT molecular complexity index is 1220. The van der Waals surface area contributed by atoms with E-state index in [-0.39, 0.29) is 5.41 Å². The van der Waals surface area contributed by atoms with E-state index < -0.39 is 0 Å². The van der Waals surface area contributed by atoms with E-state index in [1.54, 1.807) is 0 Å². The van der Waals surface area contributed by atoms with Crippen LogP contribution in [-0.2, 0) is 31.1 Å². The molecule has 0 heterocycles. The van der Waals surface area contributed by atoms with Crippen LogP contribution in [0.4, 0.5) is 0 Å². The third-order valence-electron chi connectivity index (χ3n) is 6.36. The van der Waals surface area contributed by atoms with Crippen molar-refractivity contribution in [2.75, 3.05) is 7.05 Å². The number of hydrogen-bond acceptors (Lipinski definition) is 2. The number of nitrogens with two attached hydrogens (primary N) is 1. The minimum atomic E-state index is 0.284. The van der Waals surface area contributed by atoms with Crippen molar-refractivity contribution in [1.82, 2.24) is 0 Å². The Morgan fingerprint density at radius 3 is 1.82 bits per heavy atom. The zero-order valence-corrected chi connectivity index (χ0v) is 30.2. The lowest BCUT2D eigenvalue weighted by atomic mass is 9.86. The van der Waals surface area contributed by atoms with Gasteiger partial charge >= 0.3 is 0 Å². The average molecular weight is 600 g/mol. The van der Waals surface area contributed by atoms with Crippen molar-refractivity contribution in [3.8, 4) is 16.9 Å². The molecule has 0 amide bonds. The second kappa shape index (κ2) is 25.1. The zero-order chi connectivity index (χ0) is 34.1. The molecule has 0 saturated heterocycles. The number of aryl methyl sites for hydroxylation is 2. The topological polar surface area (TPSA) is 46.2 Å². The van der Waals surface area contributed by atoms with Crippen molar-refractivity contribution >= 4 is 0 Å². The number of rotatable bonds is 8. The Labute approximate surface area is 272 Å². The van der Waals surface area contributed by atoms with E-state index in [4.69, 9.17) is 0 Å². The van der Waals surface area contributed by atoms with Crippen molar-refractivity contribution in [3.63, 3.8) is 0 Å². The van der Waals surface area contributed by atoms with Crippen LogP contribution in [0.15, 0.2) is 91.2 Å². The van der Waals surface area contributed by atoms with Crippen molar-refractivity contribution in [2.45, 2.75) is 120 Å². The van der Waals surface area contributed by atoms with E-state index in [2.05, 4.69) is 129 Å². The summed E-state index contributed by atoms with van der Waals surface area (Å²) < 4.78 is 0. The van der Waals surface area contributed by atoms with Gasteiger partial charge < -0.3 is 10.8 Å². The van der Waals surface area contributed by atoms with Crippen molar-refractivity contribution in [2.24, 2.45) is 5.73 Å². The summed E-state index contributed by atoms with van der Waals surface area (Å²) in [6.07, 6.45) is 9.19. The van der Waals surface area contributed by atoms with Gasteiger partial charge in [-0.3, -0.25) is 0 Å². The number of allylic oxidation sites excluding steroid dienone is 2. The average Bonchev–Trinajstić information content (AvgIpc) is 2.98. The largest absolute Gasteiger partial charge is 0.508 e. The molecule has 3 rings (SSSR count). The molecule has 244 valence electrons. The smallest absolute Gasteiger partial charge is 0.119 e. The molecule has 3 N–H and O–H groups in total. The third kappa shape index (κ3) is 17.7. The van der Waals surface area contributed by atoms with Crippen molar-refractivity contribution in [3.05, 3.63) is 119 Å². The molecule has 0 aliphatic carbocycles. The number of phenolic OH excluding ortho intramolecular Hbond substituents is 1. The molecular weight excluding hydrogens is 534 g/mol. The number of benzene rings is 3. The van der Waals surface area contributed by atoms with E-state index in [0.717, 1.165) is 37.7 Å². The maximum absolute atomic E-state index is 10.3. The minimum absolute atomic E-state index is 0.284. The van der Waals surface area contributed by atoms with Gasteiger partial charge in [-0.2, -0.15) is 0 Å². The van der Waals surface area contributed by atoms with Gasteiger partial charge in [0, 0.05) is 12.0 Å². The summed E-state index contributed by atoms with van der Waals surface area (Å²) >= 11 is 0. The highest BCUT2D eigenvalue weighted by molar-refractivity contribution is 5.71. The third-order valence-corrected chi connectivity index (χ3v) is 6.36. The Hall–Kier alpha value is -3.32. The summed E-state index contributed by atoms with van der Waals surface area (Å²) in [5.74, 6) is 0.369. The monoisotopic (exact) mass is 600 g/mol. The van der Waals surface area contributed by atoms with Crippen LogP contribution in [0.2, 0.25) is 0 Å². The highest BCUT2D eigenvalue weighted by Crippen LogP contribution is 2.34. The molecule has 0 aliphatic rings. The molecule has 0 atom stereocenters. The van der Waals surface area contributed by atoms with Crippen molar-refractivity contribution in [1.29, 1.82) is 0 Å². The van der Waals surface area contributed by atoms with Gasteiger partial charge in [0.25, 0.3) is 0 Å². The van der Waals surface area contributed by atoms with Crippen LogP contribution in [0.5, 0.6) is 5.75 Å². The number of hydrogen-bond donors (Lipinski definition) is 2. The lowest BCUT2D eigenvalue weighted by Crippen LogP contribution is -2.10. The molecule has 2 nitrogen and oxygen atoms in total. The summed E-state index contributed by atoms with van der Waals surface area (Å²) in [4.78, 5) is 0. The molecule has 3 aromatic rings. The predicted octanol–water partition coefficient (Wildman–Crippen LogP) is 12.0. The fourth-order valence-electron chi connectivity index (χ4n) is 4.31. The summed E-state index contributed by atoms with van der Waals surface area (Å²) in [5, 5.41) is 10.3. The van der Waals surface area contributed by atoms with E-state index in [9.17, 15) is 5.11 Å². The molecule has 0 aliphatic heterocycles. The lowest BCUT2D eigenvalue weighted by molar-refractivity contribution is 0.468. The Kier molecular flexibility index (Phi) is 24.4. The normalized spacial score (nSPS) is 9.73. The molecular formula is C42H65NO. The molecule has 2 heteroatoms. The fraction of sp³-hybridized carbons (Fsp3) is 0.452. The van der Waals surface area contributed by atoms with E-state index in [1.807, 2.05) is 32.1 Å². The van der Waals surface area contributed by atoms with Gasteiger partial charge in [0.05, 0.1) is 0 Å². The molecule has 3 aromatic carbocycles. The minimum Gasteiger partial charge on any atom is -0.508 e. The molecule has 0 bridgehead atoms. The van der Waals surface area contributed by atoms with Gasteiger partial charge in [-0.05, 0) is 91.1 Å². The van der Waals surface area contributed by atoms with Gasteiger partial charge in [-0.1, -0.05) is 141 Å². The quantitative estimate of drug-likeness (QED) is 0.200. The van der Waals surface area contributed by atoms with Crippen LogP contribution in [-0.4, -0.2) is 12.2 Å². The summed E-state index contributed by atoms with van der Waals surface area (Å²) in [6, 6.07) is 21.5. The maximum atomic E-state index is 10.3. The Morgan fingerprint density at radius 2 is 1.36 bits per heavy atom. The number of phenols is 1. The molecule has 0 radical (unpaired) electrons. The second-order valence-corrected chi connectivity index (χ2v) is 12.1. The standard InChI is InChI=1S/C22H26O.C12H18.C4H8.C3H8.CH5N/c1-4-7-13-21-20(10-6-3)19(14-15-22(21)23)18-12-8-11-17(16-18)9-5-2;1-5-10-6-8-11(9-7-10)12(2,3)4;1-4(2)3;1-3-2;1-2/h7-8,11-12,14-16,23H,1,5-6,9-10,13H2,2-3H3;6-9H,5H2,1-4H3;1H2,2-3H3;3H2,1-2H3;2H2,1H3. The van der Waals surface area contributed by atoms with Gasteiger partial charge in [-0.15, -0.1) is 12.3 Å². The van der Waals surface area contributed by atoms with Crippen molar-refractivity contribution < 1.29 is 5.11 Å². The van der Waals surface area contributed by atoms with Crippen LogP contribution in [0.25, 0.3) is 11.1 Å². The summed E-state index contributed by atoms with van der Waals surface area (Å²) in [7, 11) is 1.50. The van der Waals surface area contributed by atoms with E-state index in [0.29, 0.717) is 12.2 Å². The van der Waals surface area contributed by atoms with Crippen LogP contribution in [0.1, 0.15) is 116 Å². The van der Waals surface area contributed by atoms with Gasteiger partial charge in [0.15, 0.2) is 0 Å². The second-order valence-electron chi connectivity index (χ2n) is 12.1. The van der Waals surface area contributed by atoms with Gasteiger partial charge in [0.1, 0.15) is 5.75 Å². The molecule has 0 spiro atoms. The fourth-order valence-corrected chi connectivity index (χ4v) is 4.31. The molecule has 0 unspecified atom stereocenters. The molecule has 0 fully saturated rings. The molecule has 0 saturated carbocycles. The predicted molar refractivity (Wildman–Crippen MR) is 200 cm³/mol. The van der Waals surface area contributed by atoms with Crippen LogP contribution in [0, 0.1) is 0 Å². The first kappa shape index (κ1) is 42.8. The highest BCUT2D eigenvalue weighted by atomic mass is 16.3. The van der Waals surface area contributed by atoms with Crippen LogP contribution in [0.3, 0.4) is 0 Å². The SMILES string of the molecule is C=C(C)C.C=C=CCc1c(O)ccc(-c2cccc(CCC)c2)c1CCC.CCC.CCc1ccc(C(C)(C)C)cc1.CN. The first-order valence-electron chi connectivity index (χ1n) is 16.5. The van der Waals surface area contributed by atoms with E-state index in [1.165, 1.54) is 52.4 Å². The lowest BCUT2D eigenvalue weighted by Gasteiger charge is -2.18. The summed E-state index contributed by atoms with van der Waals surface area (Å²) in [6.45, 7) is 28.7. The first-order chi connectivity index (χ1) is 20.9. The van der Waals surface area contributed by atoms with Gasteiger partial charge in [-0.25, -0.2) is 0 Å². The zero-order valence-electron chi connectivity index (χ0n) is 30.2. The van der Waals surface area contributed by atoms with E-state index >= 15 is 0 Å². The van der Waals surface area contributed by atoms with Crippen LogP contribution < -0.4 is 5.73 Å². The summed E-state index contributed by atoms with van der Waals surface area (Å²) in [5.41, 5.74) is 17.7. The van der Waals surface area contributed by atoms with Gasteiger partial charge in [0.2, 0.25) is 0 Å². The molecule has 44 heavy (non-hydrogen) atoms. The maximum Gasteiger partial charge on any atom is 0.119 e. The first-order valence-corrected chi connectivity index (χ1v) is 16.5. The Morgan fingerprint density at radius 1 is 0.818 bits per heavy atom. The Balaban J connectivity index is 0. The van der Waals surface area contributed by atoms with Crippen LogP contribution >= 0.6 is 0 Å².